The quantitative estimate of drug-likeness (QED) is 0.646. The van der Waals surface area contributed by atoms with Gasteiger partial charge in [0.05, 0.1) is 29.2 Å². The average molecular weight is 336 g/mol. The molecule has 0 aliphatic carbocycles. The number of pyridine rings is 1. The van der Waals surface area contributed by atoms with E-state index in [0.717, 1.165) is 36.3 Å². The summed E-state index contributed by atoms with van der Waals surface area (Å²) in [5.41, 5.74) is 2.30. The Bertz CT molecular complexity index is 830. The summed E-state index contributed by atoms with van der Waals surface area (Å²) in [6, 6.07) is 14.8. The molecule has 1 aliphatic rings. The molecule has 0 radical (unpaired) electrons. The number of hydrogen-bond donors (Lipinski definition) is 0. The van der Waals surface area contributed by atoms with E-state index in [0.29, 0.717) is 12.6 Å². The van der Waals surface area contributed by atoms with Gasteiger partial charge in [0.25, 0.3) is 0 Å². The Kier molecular flexibility index (Phi) is 4.65. The summed E-state index contributed by atoms with van der Waals surface area (Å²) in [6.45, 7) is 2.87. The lowest BCUT2D eigenvalue weighted by Crippen LogP contribution is -2.26. The molecule has 5 nitrogen and oxygen atoms in total. The molecular weight excluding hydrogens is 312 g/mol. The van der Waals surface area contributed by atoms with E-state index in [-0.39, 0.29) is 0 Å². The smallest absolute Gasteiger partial charge is 0.240 e. The average Bonchev–Trinajstić information content (AvgIpc) is 3.25. The lowest BCUT2D eigenvalue weighted by Gasteiger charge is -2.23. The third-order valence-electron chi connectivity index (χ3n) is 4.95. The number of benzene rings is 1. The fourth-order valence-corrected chi connectivity index (χ4v) is 3.73. The van der Waals surface area contributed by atoms with Crippen LogP contribution in [0.15, 0.2) is 48.7 Å². The Morgan fingerprint density at radius 1 is 1.16 bits per heavy atom. The summed E-state index contributed by atoms with van der Waals surface area (Å²) in [4.78, 5) is 7.07. The van der Waals surface area contributed by atoms with Crippen LogP contribution in [0, 0.1) is 0 Å². The highest BCUT2D eigenvalue weighted by atomic mass is 16.5. The highest BCUT2D eigenvalue weighted by Gasteiger charge is 2.26. The standard InChI is InChI=1S/C20H24N4O/c1-23-18-10-3-2-8-16(18)20(22-23)25-15-7-14-24-13-6-11-19(24)17-9-4-5-12-21-17/h2-5,8-10,12,19H,6-7,11,13-15H2,1H3. The summed E-state index contributed by atoms with van der Waals surface area (Å²) in [7, 11) is 1.96. The third kappa shape index (κ3) is 3.37. The Hall–Kier alpha value is -2.40. The summed E-state index contributed by atoms with van der Waals surface area (Å²) in [5, 5.41) is 5.57. The second kappa shape index (κ2) is 7.23. The number of likely N-dealkylation sites (tertiary alicyclic amines) is 1. The van der Waals surface area contributed by atoms with Gasteiger partial charge in [-0.2, -0.15) is 0 Å². The van der Waals surface area contributed by atoms with Crippen molar-refractivity contribution < 1.29 is 4.74 Å². The molecule has 4 rings (SSSR count). The lowest BCUT2D eigenvalue weighted by atomic mass is 10.1. The maximum atomic E-state index is 5.97. The van der Waals surface area contributed by atoms with Crippen molar-refractivity contribution in [3.63, 3.8) is 0 Å². The molecule has 1 saturated heterocycles. The van der Waals surface area contributed by atoms with E-state index >= 15 is 0 Å². The lowest BCUT2D eigenvalue weighted by molar-refractivity contribution is 0.217. The topological polar surface area (TPSA) is 43.2 Å². The number of aryl methyl sites for hydroxylation is 1. The van der Waals surface area contributed by atoms with Gasteiger partial charge < -0.3 is 4.74 Å². The number of nitrogens with zero attached hydrogens (tertiary/aromatic N) is 4. The normalized spacial score (nSPS) is 18.0. The van der Waals surface area contributed by atoms with Crippen molar-refractivity contribution in [2.45, 2.75) is 25.3 Å². The van der Waals surface area contributed by atoms with Crippen molar-refractivity contribution in [1.82, 2.24) is 19.7 Å². The van der Waals surface area contributed by atoms with Gasteiger partial charge in [-0.1, -0.05) is 18.2 Å². The molecule has 130 valence electrons. The Morgan fingerprint density at radius 2 is 2.04 bits per heavy atom. The highest BCUT2D eigenvalue weighted by Crippen LogP contribution is 2.30. The molecule has 1 fully saturated rings. The van der Waals surface area contributed by atoms with Gasteiger partial charge in [-0.25, -0.2) is 0 Å². The van der Waals surface area contributed by atoms with E-state index in [9.17, 15) is 0 Å². The van der Waals surface area contributed by atoms with Gasteiger partial charge in [-0.15, -0.1) is 5.10 Å². The summed E-state index contributed by atoms with van der Waals surface area (Å²) < 4.78 is 7.84. The highest BCUT2D eigenvalue weighted by molar-refractivity contribution is 5.84. The fourth-order valence-electron chi connectivity index (χ4n) is 3.73. The van der Waals surface area contributed by atoms with Gasteiger partial charge in [0.15, 0.2) is 0 Å². The van der Waals surface area contributed by atoms with Gasteiger partial charge in [-0.3, -0.25) is 14.6 Å². The monoisotopic (exact) mass is 336 g/mol. The maximum Gasteiger partial charge on any atom is 0.240 e. The van der Waals surface area contributed by atoms with Gasteiger partial charge in [0, 0.05) is 19.8 Å². The first kappa shape index (κ1) is 16.1. The van der Waals surface area contributed by atoms with E-state index in [1.807, 2.05) is 36.1 Å². The van der Waals surface area contributed by atoms with E-state index in [2.05, 4.69) is 39.2 Å². The fraction of sp³-hybridized carbons (Fsp3) is 0.400. The van der Waals surface area contributed by atoms with E-state index in [1.165, 1.54) is 18.5 Å². The predicted molar refractivity (Wildman–Crippen MR) is 98.6 cm³/mol. The Balaban J connectivity index is 1.33. The molecule has 0 spiro atoms. The molecule has 0 saturated carbocycles. The van der Waals surface area contributed by atoms with Crippen molar-refractivity contribution in [2.75, 3.05) is 19.7 Å². The van der Waals surface area contributed by atoms with Crippen molar-refractivity contribution in [3.05, 3.63) is 54.4 Å². The molecule has 0 amide bonds. The summed E-state index contributed by atoms with van der Waals surface area (Å²) in [6.07, 6.45) is 5.32. The maximum absolute atomic E-state index is 5.97. The van der Waals surface area contributed by atoms with Crippen LogP contribution in [0.1, 0.15) is 31.0 Å². The van der Waals surface area contributed by atoms with Crippen LogP contribution in [0.2, 0.25) is 0 Å². The van der Waals surface area contributed by atoms with Gasteiger partial charge >= 0.3 is 0 Å². The second-order valence-electron chi connectivity index (χ2n) is 6.60. The van der Waals surface area contributed by atoms with Crippen LogP contribution in [-0.4, -0.2) is 39.4 Å². The molecule has 1 unspecified atom stereocenters. The number of aromatic nitrogens is 3. The van der Waals surface area contributed by atoms with E-state index < -0.39 is 0 Å². The molecular formula is C20H24N4O. The summed E-state index contributed by atoms with van der Waals surface area (Å²) >= 11 is 0. The largest absolute Gasteiger partial charge is 0.476 e. The number of para-hydroxylation sites is 1. The van der Waals surface area contributed by atoms with Crippen LogP contribution < -0.4 is 4.74 Å². The molecule has 3 aromatic rings. The van der Waals surface area contributed by atoms with Gasteiger partial charge in [0.2, 0.25) is 5.88 Å². The molecule has 0 N–H and O–H groups in total. The van der Waals surface area contributed by atoms with Gasteiger partial charge in [-0.05, 0) is 50.1 Å². The minimum absolute atomic E-state index is 0.455. The van der Waals surface area contributed by atoms with Crippen LogP contribution in [0.5, 0.6) is 5.88 Å². The molecule has 1 aliphatic heterocycles. The van der Waals surface area contributed by atoms with Gasteiger partial charge in [0.1, 0.15) is 0 Å². The first-order chi connectivity index (χ1) is 12.3. The zero-order valence-corrected chi connectivity index (χ0v) is 14.6. The number of hydrogen-bond acceptors (Lipinski definition) is 4. The zero-order valence-electron chi connectivity index (χ0n) is 14.6. The van der Waals surface area contributed by atoms with Crippen LogP contribution in [0.3, 0.4) is 0 Å². The molecule has 3 heterocycles. The first-order valence-electron chi connectivity index (χ1n) is 9.02. The third-order valence-corrected chi connectivity index (χ3v) is 4.95. The molecule has 25 heavy (non-hydrogen) atoms. The first-order valence-corrected chi connectivity index (χ1v) is 9.02. The Morgan fingerprint density at radius 3 is 2.92 bits per heavy atom. The van der Waals surface area contributed by atoms with Crippen molar-refractivity contribution in [3.8, 4) is 5.88 Å². The number of ether oxygens (including phenoxy) is 1. The van der Waals surface area contributed by atoms with Crippen molar-refractivity contribution in [2.24, 2.45) is 7.05 Å². The molecule has 2 aromatic heterocycles. The van der Waals surface area contributed by atoms with Crippen LogP contribution >= 0.6 is 0 Å². The minimum atomic E-state index is 0.455. The summed E-state index contributed by atoms with van der Waals surface area (Å²) in [5.74, 6) is 0.737. The molecule has 0 bridgehead atoms. The van der Waals surface area contributed by atoms with E-state index in [4.69, 9.17) is 4.74 Å². The second-order valence-corrected chi connectivity index (χ2v) is 6.60. The van der Waals surface area contributed by atoms with Crippen LogP contribution in [0.4, 0.5) is 0 Å². The van der Waals surface area contributed by atoms with Crippen molar-refractivity contribution >= 4 is 10.9 Å². The van der Waals surface area contributed by atoms with Crippen LogP contribution in [-0.2, 0) is 7.05 Å². The van der Waals surface area contributed by atoms with Crippen molar-refractivity contribution in [1.29, 1.82) is 0 Å². The van der Waals surface area contributed by atoms with Crippen LogP contribution in [0.25, 0.3) is 10.9 Å². The number of fused-ring (bicyclic) bond motifs is 1. The SMILES string of the molecule is Cn1nc(OCCCN2CCCC2c2ccccn2)c2ccccc21. The molecule has 5 heteroatoms. The predicted octanol–water partition coefficient (Wildman–Crippen LogP) is 3.57. The zero-order chi connectivity index (χ0) is 17.1. The molecule has 1 atom stereocenters. The minimum Gasteiger partial charge on any atom is -0.476 e. The van der Waals surface area contributed by atoms with E-state index in [1.54, 1.807) is 0 Å². The Labute approximate surface area is 148 Å². The number of rotatable bonds is 6. The molecule has 1 aromatic carbocycles.